The molecule has 1 aromatic heterocycles. The van der Waals surface area contributed by atoms with E-state index < -0.39 is 22.5 Å². The highest BCUT2D eigenvalue weighted by Crippen LogP contribution is 2.31. The van der Waals surface area contributed by atoms with E-state index in [-0.39, 0.29) is 17.4 Å². The van der Waals surface area contributed by atoms with E-state index in [2.05, 4.69) is 9.71 Å². The average molecular weight is 418 g/mol. The Morgan fingerprint density at radius 2 is 1.90 bits per heavy atom. The lowest BCUT2D eigenvalue weighted by Crippen LogP contribution is -2.30. The van der Waals surface area contributed by atoms with Gasteiger partial charge in [0.15, 0.2) is 23.7 Å². The molecule has 0 radical (unpaired) electrons. The molecule has 2 aromatic carbocycles. The van der Waals surface area contributed by atoms with E-state index in [1.165, 1.54) is 18.2 Å². The van der Waals surface area contributed by atoms with E-state index in [1.54, 1.807) is 18.2 Å². The van der Waals surface area contributed by atoms with Gasteiger partial charge in [-0.2, -0.15) is 4.72 Å². The van der Waals surface area contributed by atoms with Crippen LogP contribution in [0.3, 0.4) is 0 Å². The van der Waals surface area contributed by atoms with Crippen molar-refractivity contribution in [1.82, 2.24) is 9.71 Å². The number of aromatic nitrogens is 1. The van der Waals surface area contributed by atoms with E-state index in [0.29, 0.717) is 42.2 Å². The fourth-order valence-electron chi connectivity index (χ4n) is 2.72. The van der Waals surface area contributed by atoms with Crippen molar-refractivity contribution in [2.24, 2.45) is 0 Å². The van der Waals surface area contributed by atoms with Gasteiger partial charge in [0, 0.05) is 12.5 Å². The fourth-order valence-corrected chi connectivity index (χ4v) is 3.71. The first-order valence-electron chi connectivity index (χ1n) is 8.91. The number of carbonyl (C=O) groups is 1. The number of esters is 1. The zero-order chi connectivity index (χ0) is 20.3. The normalized spacial score (nSPS) is 13.8. The van der Waals surface area contributed by atoms with Gasteiger partial charge in [-0.1, -0.05) is 12.1 Å². The molecular weight excluding hydrogens is 400 g/mol. The van der Waals surface area contributed by atoms with Gasteiger partial charge in [-0.05, 0) is 24.3 Å². The number of rotatable bonds is 6. The molecule has 0 fully saturated rings. The Bertz CT molecular complexity index is 1110. The Balaban J connectivity index is 1.35. The second kappa shape index (κ2) is 8.10. The summed E-state index contributed by atoms with van der Waals surface area (Å²) in [5.74, 6) is 0.304. The monoisotopic (exact) mass is 418 g/mol. The Hall–Kier alpha value is -3.11. The molecule has 1 aliphatic rings. The summed E-state index contributed by atoms with van der Waals surface area (Å²) < 4.78 is 48.6. The van der Waals surface area contributed by atoms with Crippen molar-refractivity contribution in [3.05, 3.63) is 48.4 Å². The lowest BCUT2D eigenvalue weighted by molar-refractivity contribution is -0.144. The van der Waals surface area contributed by atoms with Crippen LogP contribution in [0.25, 0.3) is 11.1 Å². The molecule has 9 nitrogen and oxygen atoms in total. The number of fused-ring (bicyclic) bond motifs is 2. The van der Waals surface area contributed by atoms with Crippen molar-refractivity contribution in [2.75, 3.05) is 19.8 Å². The Kier molecular flexibility index (Phi) is 5.36. The van der Waals surface area contributed by atoms with Crippen LogP contribution in [-0.2, 0) is 26.2 Å². The zero-order valence-electron chi connectivity index (χ0n) is 15.3. The first-order valence-corrected chi connectivity index (χ1v) is 10.4. The summed E-state index contributed by atoms with van der Waals surface area (Å²) in [6, 6.07) is 11.4. The van der Waals surface area contributed by atoms with Crippen LogP contribution < -0.4 is 14.2 Å². The van der Waals surface area contributed by atoms with E-state index in [0.717, 1.165) is 0 Å². The highest BCUT2D eigenvalue weighted by molar-refractivity contribution is 7.89. The fraction of sp³-hybridized carbons (Fsp3) is 0.263. The number of hydrogen-bond donors (Lipinski definition) is 1. The molecule has 0 amide bonds. The number of hydrogen-bond acceptors (Lipinski definition) is 8. The second-order valence-electron chi connectivity index (χ2n) is 6.22. The second-order valence-corrected chi connectivity index (χ2v) is 7.99. The lowest BCUT2D eigenvalue weighted by Gasteiger charge is -2.10. The van der Waals surface area contributed by atoms with Crippen molar-refractivity contribution in [2.45, 2.75) is 17.9 Å². The Morgan fingerprint density at radius 3 is 2.72 bits per heavy atom. The molecule has 4 rings (SSSR count). The Morgan fingerprint density at radius 1 is 1.10 bits per heavy atom. The van der Waals surface area contributed by atoms with E-state index >= 15 is 0 Å². The van der Waals surface area contributed by atoms with Crippen molar-refractivity contribution >= 4 is 27.1 Å². The SMILES string of the molecule is O=C(CNS(=O)(=O)c1ccc2c(c1)OCCCO2)OCc1nc2ccccc2o1. The lowest BCUT2D eigenvalue weighted by atomic mass is 10.3. The van der Waals surface area contributed by atoms with E-state index in [9.17, 15) is 13.2 Å². The molecule has 1 aliphatic heterocycles. The van der Waals surface area contributed by atoms with Crippen LogP contribution in [0.5, 0.6) is 11.5 Å². The van der Waals surface area contributed by atoms with Crippen LogP contribution in [-0.4, -0.2) is 39.1 Å². The predicted octanol–water partition coefficient (Wildman–Crippen LogP) is 2.01. The minimum atomic E-state index is -3.93. The number of oxazole rings is 1. The summed E-state index contributed by atoms with van der Waals surface area (Å²) in [5, 5.41) is 0. The van der Waals surface area contributed by atoms with E-state index in [1.807, 2.05) is 6.07 Å². The first kappa shape index (κ1) is 19.2. The number of ether oxygens (including phenoxy) is 3. The summed E-state index contributed by atoms with van der Waals surface area (Å²) in [7, 11) is -3.93. The minimum Gasteiger partial charge on any atom is -0.490 e. The number of nitrogens with zero attached hydrogens (tertiary/aromatic N) is 1. The molecule has 29 heavy (non-hydrogen) atoms. The standard InChI is InChI=1S/C19H18N2O7S/c22-19(27-12-18-21-14-4-1-2-5-15(14)28-18)11-20-29(23,24)13-6-7-16-17(10-13)26-9-3-8-25-16/h1-2,4-7,10,20H,3,8-9,11-12H2. The first-order chi connectivity index (χ1) is 14.0. The van der Waals surface area contributed by atoms with Gasteiger partial charge in [0.1, 0.15) is 12.1 Å². The number of nitrogens with one attached hydrogen (secondary N) is 1. The molecule has 1 N–H and O–H groups in total. The predicted molar refractivity (Wildman–Crippen MR) is 101 cm³/mol. The zero-order valence-corrected chi connectivity index (χ0v) is 16.1. The van der Waals surface area contributed by atoms with Crippen molar-refractivity contribution < 1.29 is 31.8 Å². The van der Waals surface area contributed by atoms with Gasteiger partial charge >= 0.3 is 5.97 Å². The van der Waals surface area contributed by atoms with Crippen molar-refractivity contribution in [3.63, 3.8) is 0 Å². The van der Waals surface area contributed by atoms with Gasteiger partial charge in [-0.3, -0.25) is 4.79 Å². The van der Waals surface area contributed by atoms with Crippen molar-refractivity contribution in [1.29, 1.82) is 0 Å². The maximum absolute atomic E-state index is 12.5. The van der Waals surface area contributed by atoms with Crippen LogP contribution in [0.15, 0.2) is 51.8 Å². The molecule has 0 atom stereocenters. The summed E-state index contributed by atoms with van der Waals surface area (Å²) >= 11 is 0. The molecule has 0 unspecified atom stereocenters. The van der Waals surface area contributed by atoms with Crippen molar-refractivity contribution in [3.8, 4) is 11.5 Å². The number of carbonyl (C=O) groups excluding carboxylic acids is 1. The van der Waals surface area contributed by atoms with Crippen LogP contribution in [0, 0.1) is 0 Å². The molecule has 0 spiro atoms. The van der Waals surface area contributed by atoms with Gasteiger partial charge < -0.3 is 18.6 Å². The Labute approximate surface area is 166 Å². The third-order valence-corrected chi connectivity index (χ3v) is 5.53. The quantitative estimate of drug-likeness (QED) is 0.604. The number of sulfonamides is 1. The van der Waals surface area contributed by atoms with Gasteiger partial charge in [0.2, 0.25) is 15.9 Å². The minimum absolute atomic E-state index is 0.0338. The summed E-state index contributed by atoms with van der Waals surface area (Å²) in [4.78, 5) is 16.1. The van der Waals surface area contributed by atoms with Gasteiger partial charge in [-0.15, -0.1) is 0 Å². The average Bonchev–Trinajstić information content (AvgIpc) is 2.99. The topological polar surface area (TPSA) is 117 Å². The number of para-hydroxylation sites is 2. The highest BCUT2D eigenvalue weighted by Gasteiger charge is 2.20. The smallest absolute Gasteiger partial charge is 0.321 e. The summed E-state index contributed by atoms with van der Waals surface area (Å²) in [6.45, 7) is 0.214. The van der Waals surface area contributed by atoms with Crippen LogP contribution in [0.4, 0.5) is 0 Å². The van der Waals surface area contributed by atoms with Gasteiger partial charge in [0.25, 0.3) is 0 Å². The maximum atomic E-state index is 12.5. The molecule has 10 heteroatoms. The van der Waals surface area contributed by atoms with Gasteiger partial charge in [0.05, 0.1) is 18.1 Å². The molecule has 2 heterocycles. The molecule has 0 aliphatic carbocycles. The molecular formula is C19H18N2O7S. The van der Waals surface area contributed by atoms with Gasteiger partial charge in [-0.25, -0.2) is 13.4 Å². The highest BCUT2D eigenvalue weighted by atomic mass is 32.2. The molecule has 0 bridgehead atoms. The van der Waals surface area contributed by atoms with E-state index in [4.69, 9.17) is 18.6 Å². The van der Waals surface area contributed by atoms with Crippen LogP contribution in [0.1, 0.15) is 12.3 Å². The number of benzene rings is 2. The molecule has 3 aromatic rings. The third kappa shape index (κ3) is 4.49. The van der Waals surface area contributed by atoms with Crippen LogP contribution in [0.2, 0.25) is 0 Å². The summed E-state index contributed by atoms with van der Waals surface area (Å²) in [5.41, 5.74) is 1.22. The summed E-state index contributed by atoms with van der Waals surface area (Å²) in [6.07, 6.45) is 0.709. The largest absolute Gasteiger partial charge is 0.490 e. The third-order valence-electron chi connectivity index (χ3n) is 4.13. The molecule has 0 saturated heterocycles. The maximum Gasteiger partial charge on any atom is 0.321 e. The molecule has 152 valence electrons. The van der Waals surface area contributed by atoms with Crippen LogP contribution >= 0.6 is 0 Å². The molecule has 0 saturated carbocycles.